The van der Waals surface area contributed by atoms with Crippen LogP contribution in [0, 0.1) is 0 Å². The molecule has 0 saturated heterocycles. The number of fused-ring (bicyclic) bond motifs is 1. The molecule has 0 bridgehead atoms. The Morgan fingerprint density at radius 1 is 0.861 bits per heavy atom. The summed E-state index contributed by atoms with van der Waals surface area (Å²) in [6.07, 6.45) is -1.05. The highest BCUT2D eigenvalue weighted by Gasteiger charge is 2.34. The molecule has 0 aliphatic carbocycles. The molecule has 0 fully saturated rings. The van der Waals surface area contributed by atoms with Gasteiger partial charge in [0.1, 0.15) is 5.75 Å². The minimum Gasteiger partial charge on any atom is -0.492 e. The average molecular weight is 487 g/mol. The average Bonchev–Trinajstić information content (AvgIpc) is 3.14. The first-order chi connectivity index (χ1) is 17.5. The van der Waals surface area contributed by atoms with Crippen molar-refractivity contribution >= 4 is 29.4 Å². The number of anilines is 1. The van der Waals surface area contributed by atoms with E-state index in [1.54, 1.807) is 78.9 Å². The Kier molecular flexibility index (Phi) is 7.75. The maximum Gasteiger partial charge on any atom is 0.306 e. The normalized spacial score (nSPS) is 13.2. The first-order valence-corrected chi connectivity index (χ1v) is 11.7. The quantitative estimate of drug-likeness (QED) is 0.337. The van der Waals surface area contributed by atoms with Gasteiger partial charge in [-0.3, -0.25) is 24.1 Å². The lowest BCUT2D eigenvalue weighted by Crippen LogP contribution is -2.31. The van der Waals surface area contributed by atoms with Crippen molar-refractivity contribution in [3.8, 4) is 5.75 Å². The van der Waals surface area contributed by atoms with Crippen LogP contribution >= 0.6 is 0 Å². The van der Waals surface area contributed by atoms with Crippen LogP contribution in [0.3, 0.4) is 0 Å². The first-order valence-electron chi connectivity index (χ1n) is 11.7. The molecule has 1 heterocycles. The third kappa shape index (κ3) is 5.43. The van der Waals surface area contributed by atoms with Crippen molar-refractivity contribution in [2.45, 2.75) is 25.9 Å². The number of rotatable bonds is 10. The van der Waals surface area contributed by atoms with Crippen molar-refractivity contribution in [3.63, 3.8) is 0 Å². The molecule has 3 amide bonds. The van der Waals surface area contributed by atoms with Crippen LogP contribution in [0.2, 0.25) is 0 Å². The van der Waals surface area contributed by atoms with Gasteiger partial charge in [-0.05, 0) is 37.6 Å². The number of carbonyl (C=O) groups is 4. The number of carbonyl (C=O) groups excluding carboxylic acids is 4. The van der Waals surface area contributed by atoms with Gasteiger partial charge in [-0.15, -0.1) is 0 Å². The van der Waals surface area contributed by atoms with Gasteiger partial charge < -0.3 is 14.8 Å². The molecule has 3 aromatic carbocycles. The van der Waals surface area contributed by atoms with E-state index in [1.807, 2.05) is 6.92 Å². The molecular weight excluding hydrogens is 460 g/mol. The molecule has 0 unspecified atom stereocenters. The number of nitrogens with one attached hydrogen (secondary N) is 1. The van der Waals surface area contributed by atoms with Gasteiger partial charge in [0.15, 0.2) is 0 Å². The minimum atomic E-state index is -1.19. The number of esters is 1. The Hall–Kier alpha value is -4.46. The number of amides is 3. The summed E-state index contributed by atoms with van der Waals surface area (Å²) in [6, 6.07) is 22.3. The lowest BCUT2D eigenvalue weighted by atomic mass is 10.1. The van der Waals surface area contributed by atoms with Crippen LogP contribution in [0.5, 0.6) is 5.75 Å². The lowest BCUT2D eigenvalue weighted by Gasteiger charge is -2.19. The van der Waals surface area contributed by atoms with Crippen molar-refractivity contribution in [1.82, 2.24) is 4.90 Å². The van der Waals surface area contributed by atoms with Gasteiger partial charge in [0, 0.05) is 18.5 Å². The van der Waals surface area contributed by atoms with Crippen molar-refractivity contribution in [3.05, 3.63) is 95.6 Å². The molecule has 0 spiro atoms. The van der Waals surface area contributed by atoms with Crippen LogP contribution in [0.1, 0.15) is 52.1 Å². The van der Waals surface area contributed by atoms with Crippen molar-refractivity contribution in [2.24, 2.45) is 0 Å². The summed E-state index contributed by atoms with van der Waals surface area (Å²) in [5, 5.41) is 2.78. The van der Waals surface area contributed by atoms with E-state index >= 15 is 0 Å². The zero-order chi connectivity index (χ0) is 25.5. The molecular formula is C28H26N2O6. The Bertz CT molecular complexity index is 1240. The second kappa shape index (κ2) is 11.3. The molecule has 8 nitrogen and oxygen atoms in total. The van der Waals surface area contributed by atoms with E-state index in [4.69, 9.17) is 9.47 Å². The monoisotopic (exact) mass is 486 g/mol. The number of hydrogen-bond donors (Lipinski definition) is 1. The first kappa shape index (κ1) is 24.7. The van der Waals surface area contributed by atoms with Gasteiger partial charge in [0.25, 0.3) is 17.7 Å². The highest BCUT2D eigenvalue weighted by atomic mass is 16.5. The SMILES string of the molecule is CCOc1ccccc1NC(=O)[C@H](OC(=O)CCCN1C(=O)c2ccccc2C1=O)c1ccccc1. The lowest BCUT2D eigenvalue weighted by molar-refractivity contribution is -0.154. The highest BCUT2D eigenvalue weighted by Crippen LogP contribution is 2.27. The van der Waals surface area contributed by atoms with Crippen LogP contribution < -0.4 is 10.1 Å². The molecule has 36 heavy (non-hydrogen) atoms. The van der Waals surface area contributed by atoms with Crippen molar-refractivity contribution in [2.75, 3.05) is 18.5 Å². The Balaban J connectivity index is 1.40. The van der Waals surface area contributed by atoms with Gasteiger partial charge in [-0.25, -0.2) is 0 Å². The van der Waals surface area contributed by atoms with E-state index in [2.05, 4.69) is 5.32 Å². The second-order valence-corrected chi connectivity index (χ2v) is 8.11. The van der Waals surface area contributed by atoms with E-state index in [-0.39, 0.29) is 31.2 Å². The Morgan fingerprint density at radius 3 is 2.14 bits per heavy atom. The second-order valence-electron chi connectivity index (χ2n) is 8.11. The fourth-order valence-electron chi connectivity index (χ4n) is 3.96. The molecule has 184 valence electrons. The third-order valence-corrected chi connectivity index (χ3v) is 5.68. The molecule has 3 aromatic rings. The van der Waals surface area contributed by atoms with E-state index in [0.717, 1.165) is 4.90 Å². The summed E-state index contributed by atoms with van der Waals surface area (Å²) >= 11 is 0. The summed E-state index contributed by atoms with van der Waals surface area (Å²) in [5.41, 5.74) is 1.70. The summed E-state index contributed by atoms with van der Waals surface area (Å²) < 4.78 is 11.1. The largest absolute Gasteiger partial charge is 0.492 e. The topological polar surface area (TPSA) is 102 Å². The molecule has 0 radical (unpaired) electrons. The number of imide groups is 1. The predicted octanol–water partition coefficient (Wildman–Crippen LogP) is 4.38. The van der Waals surface area contributed by atoms with Gasteiger partial charge in [-0.1, -0.05) is 54.6 Å². The molecule has 4 rings (SSSR count). The minimum absolute atomic E-state index is 0.0699. The van der Waals surface area contributed by atoms with Gasteiger partial charge in [-0.2, -0.15) is 0 Å². The van der Waals surface area contributed by atoms with Gasteiger partial charge >= 0.3 is 5.97 Å². The summed E-state index contributed by atoms with van der Waals surface area (Å²) in [4.78, 5) is 52.0. The molecule has 0 saturated carbocycles. The van der Waals surface area contributed by atoms with Crippen LogP contribution in [0.15, 0.2) is 78.9 Å². The number of para-hydroxylation sites is 2. The Morgan fingerprint density at radius 2 is 1.47 bits per heavy atom. The number of nitrogens with zero attached hydrogens (tertiary/aromatic N) is 1. The maximum absolute atomic E-state index is 13.2. The van der Waals surface area contributed by atoms with Gasteiger partial charge in [0.2, 0.25) is 6.10 Å². The fraction of sp³-hybridized carbons (Fsp3) is 0.214. The number of benzene rings is 3. The van der Waals surface area contributed by atoms with Crippen LogP contribution in [-0.4, -0.2) is 41.7 Å². The standard InChI is InChI=1S/C28H26N2O6/c1-2-35-23-16-9-8-15-22(23)29-26(32)25(19-11-4-3-5-12-19)36-24(31)17-10-18-30-27(33)20-13-6-7-14-21(20)28(30)34/h3-9,11-16,25H,2,10,17-18H2,1H3,(H,29,32)/t25-/m1/s1. The molecule has 1 aliphatic rings. The van der Waals surface area contributed by atoms with Crippen LogP contribution in [0.25, 0.3) is 0 Å². The molecule has 1 aliphatic heterocycles. The van der Waals surface area contributed by atoms with E-state index < -0.39 is 18.0 Å². The van der Waals surface area contributed by atoms with Crippen LogP contribution in [0.4, 0.5) is 5.69 Å². The summed E-state index contributed by atoms with van der Waals surface area (Å²) in [5.74, 6) is -1.39. The van der Waals surface area contributed by atoms with Crippen molar-refractivity contribution < 1.29 is 28.7 Å². The predicted molar refractivity (Wildman–Crippen MR) is 133 cm³/mol. The third-order valence-electron chi connectivity index (χ3n) is 5.68. The van der Waals surface area contributed by atoms with Crippen LogP contribution in [-0.2, 0) is 14.3 Å². The number of ether oxygens (including phenoxy) is 2. The smallest absolute Gasteiger partial charge is 0.306 e. The molecule has 1 N–H and O–H groups in total. The van der Waals surface area contributed by atoms with E-state index in [9.17, 15) is 19.2 Å². The molecule has 1 atom stereocenters. The molecule has 8 heteroatoms. The van der Waals surface area contributed by atoms with Gasteiger partial charge in [0.05, 0.1) is 23.4 Å². The number of hydrogen-bond acceptors (Lipinski definition) is 6. The maximum atomic E-state index is 13.2. The zero-order valence-corrected chi connectivity index (χ0v) is 19.8. The highest BCUT2D eigenvalue weighted by molar-refractivity contribution is 6.21. The molecule has 0 aromatic heterocycles. The zero-order valence-electron chi connectivity index (χ0n) is 19.8. The van der Waals surface area contributed by atoms with Crippen molar-refractivity contribution in [1.29, 1.82) is 0 Å². The van der Waals surface area contributed by atoms with E-state index in [1.165, 1.54) is 0 Å². The Labute approximate surface area is 208 Å². The summed E-state index contributed by atoms with van der Waals surface area (Å²) in [6.45, 7) is 2.34. The van der Waals surface area contributed by atoms with E-state index in [0.29, 0.717) is 34.7 Å². The summed E-state index contributed by atoms with van der Waals surface area (Å²) in [7, 11) is 0. The fourth-order valence-corrected chi connectivity index (χ4v) is 3.96.